The van der Waals surface area contributed by atoms with Gasteiger partial charge in [0.05, 0.1) is 12.2 Å². The summed E-state index contributed by atoms with van der Waals surface area (Å²) in [6, 6.07) is 8.99. The van der Waals surface area contributed by atoms with E-state index >= 15 is 0 Å². The first kappa shape index (κ1) is 12.9. The largest absolute Gasteiger partial charge is 0.492 e. The predicted molar refractivity (Wildman–Crippen MR) is 71.4 cm³/mol. The molecule has 0 aliphatic carbocycles. The van der Waals surface area contributed by atoms with Crippen molar-refractivity contribution in [3.63, 3.8) is 0 Å². The molecule has 0 aliphatic rings. The second-order valence-corrected chi connectivity index (χ2v) is 4.08. The number of oxime groups is 1. The van der Waals surface area contributed by atoms with Gasteiger partial charge in [0, 0.05) is 11.8 Å². The van der Waals surface area contributed by atoms with Gasteiger partial charge in [-0.05, 0) is 37.3 Å². The Labute approximate surface area is 111 Å². The Balaban J connectivity index is 1.86. The fraction of sp³-hybridized carbons (Fsp3) is 0.231. The van der Waals surface area contributed by atoms with Gasteiger partial charge in [-0.1, -0.05) is 5.16 Å². The van der Waals surface area contributed by atoms with Crippen LogP contribution in [-0.2, 0) is 6.54 Å². The topological polar surface area (TPSA) is 85.7 Å². The molecule has 3 N–H and O–H groups in total. The van der Waals surface area contributed by atoms with E-state index in [4.69, 9.17) is 15.7 Å². The first-order chi connectivity index (χ1) is 9.19. The van der Waals surface area contributed by atoms with E-state index in [2.05, 4.69) is 10.3 Å². The SMILES string of the molecule is Cc1ccn(CCOc2ccc(C(N)=NO)cc2)n1. The number of ether oxygens (including phenoxy) is 1. The molecule has 1 aromatic heterocycles. The zero-order chi connectivity index (χ0) is 13.7. The summed E-state index contributed by atoms with van der Waals surface area (Å²) in [6.07, 6.45) is 1.92. The van der Waals surface area contributed by atoms with Crippen molar-refractivity contribution in [3.05, 3.63) is 47.8 Å². The normalized spacial score (nSPS) is 11.5. The molecule has 6 heteroatoms. The second kappa shape index (κ2) is 5.90. The van der Waals surface area contributed by atoms with E-state index in [9.17, 15) is 0 Å². The summed E-state index contributed by atoms with van der Waals surface area (Å²) in [6.45, 7) is 3.17. The Morgan fingerprint density at radius 1 is 1.37 bits per heavy atom. The molecule has 2 aromatic rings. The lowest BCUT2D eigenvalue weighted by Crippen LogP contribution is -2.13. The molecule has 19 heavy (non-hydrogen) atoms. The van der Waals surface area contributed by atoms with Gasteiger partial charge in [-0.3, -0.25) is 4.68 Å². The van der Waals surface area contributed by atoms with E-state index in [1.165, 1.54) is 0 Å². The first-order valence-electron chi connectivity index (χ1n) is 5.90. The van der Waals surface area contributed by atoms with Gasteiger partial charge in [0.2, 0.25) is 0 Å². The number of aromatic nitrogens is 2. The van der Waals surface area contributed by atoms with Crippen molar-refractivity contribution in [2.24, 2.45) is 10.9 Å². The van der Waals surface area contributed by atoms with Gasteiger partial charge >= 0.3 is 0 Å². The highest BCUT2D eigenvalue weighted by Gasteiger charge is 2.00. The minimum Gasteiger partial charge on any atom is -0.492 e. The lowest BCUT2D eigenvalue weighted by Gasteiger charge is -2.07. The van der Waals surface area contributed by atoms with Crippen molar-refractivity contribution >= 4 is 5.84 Å². The lowest BCUT2D eigenvalue weighted by atomic mass is 10.2. The standard InChI is InChI=1S/C13H16N4O2/c1-10-6-7-17(15-10)8-9-19-12-4-2-11(3-5-12)13(14)16-18/h2-7,18H,8-9H2,1H3,(H2,14,16). The third kappa shape index (κ3) is 3.48. The van der Waals surface area contributed by atoms with Crippen LogP contribution in [0.2, 0.25) is 0 Å². The Bertz CT molecular complexity index is 560. The molecule has 0 radical (unpaired) electrons. The maximum absolute atomic E-state index is 8.55. The van der Waals surface area contributed by atoms with Crippen molar-refractivity contribution < 1.29 is 9.94 Å². The minimum absolute atomic E-state index is 0.0820. The van der Waals surface area contributed by atoms with E-state index in [1.807, 2.05) is 23.9 Å². The molecule has 0 saturated heterocycles. The van der Waals surface area contributed by atoms with Gasteiger partial charge in [-0.25, -0.2) is 0 Å². The molecule has 0 aliphatic heterocycles. The van der Waals surface area contributed by atoms with Crippen LogP contribution in [0, 0.1) is 6.92 Å². The smallest absolute Gasteiger partial charge is 0.170 e. The van der Waals surface area contributed by atoms with Gasteiger partial charge in [0.25, 0.3) is 0 Å². The third-order valence-corrected chi connectivity index (χ3v) is 2.62. The highest BCUT2D eigenvalue weighted by molar-refractivity contribution is 5.97. The van der Waals surface area contributed by atoms with Gasteiger partial charge in [0.15, 0.2) is 5.84 Å². The average Bonchev–Trinajstić information content (AvgIpc) is 2.84. The molecule has 0 fully saturated rings. The molecule has 0 unspecified atom stereocenters. The summed E-state index contributed by atoms with van der Waals surface area (Å²) in [5.74, 6) is 0.817. The van der Waals surface area contributed by atoms with Crippen LogP contribution in [-0.4, -0.2) is 27.4 Å². The van der Waals surface area contributed by atoms with Gasteiger partial charge in [0.1, 0.15) is 12.4 Å². The molecule has 1 heterocycles. The molecule has 1 aromatic carbocycles. The van der Waals surface area contributed by atoms with Crippen molar-refractivity contribution in [3.8, 4) is 5.75 Å². The fourth-order valence-electron chi connectivity index (χ4n) is 1.62. The molecule has 6 nitrogen and oxygen atoms in total. The number of amidine groups is 1. The van der Waals surface area contributed by atoms with Gasteiger partial charge < -0.3 is 15.7 Å². The number of rotatable bonds is 5. The number of aryl methyl sites for hydroxylation is 1. The number of hydrogen-bond donors (Lipinski definition) is 2. The van der Waals surface area contributed by atoms with E-state index in [-0.39, 0.29) is 5.84 Å². The van der Waals surface area contributed by atoms with Crippen molar-refractivity contribution in [1.29, 1.82) is 0 Å². The molecule has 0 bridgehead atoms. The minimum atomic E-state index is 0.0820. The van der Waals surface area contributed by atoms with E-state index < -0.39 is 0 Å². The maximum atomic E-state index is 8.55. The molecule has 0 amide bonds. The number of nitrogens with two attached hydrogens (primary N) is 1. The Kier molecular flexibility index (Phi) is 4.02. The average molecular weight is 260 g/mol. The summed E-state index contributed by atoms with van der Waals surface area (Å²) in [5.41, 5.74) is 7.11. The highest BCUT2D eigenvalue weighted by atomic mass is 16.5. The quantitative estimate of drug-likeness (QED) is 0.368. The van der Waals surface area contributed by atoms with Crippen LogP contribution in [0.5, 0.6) is 5.75 Å². The molecular formula is C13H16N4O2. The Morgan fingerprint density at radius 3 is 2.68 bits per heavy atom. The zero-order valence-electron chi connectivity index (χ0n) is 10.7. The maximum Gasteiger partial charge on any atom is 0.170 e. The molecular weight excluding hydrogens is 244 g/mol. The van der Waals surface area contributed by atoms with Crippen LogP contribution in [0.4, 0.5) is 0 Å². The van der Waals surface area contributed by atoms with Crippen LogP contribution in [0.3, 0.4) is 0 Å². The number of hydrogen-bond acceptors (Lipinski definition) is 4. The van der Waals surface area contributed by atoms with E-state index in [1.54, 1.807) is 24.3 Å². The zero-order valence-corrected chi connectivity index (χ0v) is 10.7. The van der Waals surface area contributed by atoms with Crippen LogP contribution < -0.4 is 10.5 Å². The van der Waals surface area contributed by atoms with Crippen LogP contribution >= 0.6 is 0 Å². The predicted octanol–water partition coefficient (Wildman–Crippen LogP) is 1.37. The summed E-state index contributed by atoms with van der Waals surface area (Å²) >= 11 is 0. The summed E-state index contributed by atoms with van der Waals surface area (Å²) in [7, 11) is 0. The fourth-order valence-corrected chi connectivity index (χ4v) is 1.62. The third-order valence-electron chi connectivity index (χ3n) is 2.62. The van der Waals surface area contributed by atoms with Crippen LogP contribution in [0.25, 0.3) is 0 Å². The highest BCUT2D eigenvalue weighted by Crippen LogP contribution is 2.12. The lowest BCUT2D eigenvalue weighted by molar-refractivity contribution is 0.291. The molecule has 0 saturated carbocycles. The van der Waals surface area contributed by atoms with E-state index in [0.717, 1.165) is 11.4 Å². The second-order valence-electron chi connectivity index (χ2n) is 4.08. The van der Waals surface area contributed by atoms with Gasteiger partial charge in [-0.2, -0.15) is 5.10 Å². The first-order valence-corrected chi connectivity index (χ1v) is 5.90. The summed E-state index contributed by atoms with van der Waals surface area (Å²) in [5, 5.41) is 15.8. The Hall–Kier alpha value is -2.50. The molecule has 100 valence electrons. The number of benzene rings is 1. The van der Waals surface area contributed by atoms with Crippen molar-refractivity contribution in [1.82, 2.24) is 9.78 Å². The van der Waals surface area contributed by atoms with Crippen molar-refractivity contribution in [2.45, 2.75) is 13.5 Å². The van der Waals surface area contributed by atoms with Crippen LogP contribution in [0.15, 0.2) is 41.7 Å². The number of nitrogens with zero attached hydrogens (tertiary/aromatic N) is 3. The summed E-state index contributed by atoms with van der Waals surface area (Å²) < 4.78 is 7.42. The molecule has 2 rings (SSSR count). The molecule has 0 atom stereocenters. The van der Waals surface area contributed by atoms with E-state index in [0.29, 0.717) is 18.7 Å². The summed E-state index contributed by atoms with van der Waals surface area (Å²) in [4.78, 5) is 0. The van der Waals surface area contributed by atoms with Crippen LogP contribution in [0.1, 0.15) is 11.3 Å². The molecule has 0 spiro atoms. The van der Waals surface area contributed by atoms with Gasteiger partial charge in [-0.15, -0.1) is 0 Å². The van der Waals surface area contributed by atoms with Crippen molar-refractivity contribution in [2.75, 3.05) is 6.61 Å². The monoisotopic (exact) mass is 260 g/mol. The Morgan fingerprint density at radius 2 is 2.11 bits per heavy atom.